The van der Waals surface area contributed by atoms with E-state index < -0.39 is 10.0 Å². The van der Waals surface area contributed by atoms with Crippen LogP contribution in [0.3, 0.4) is 0 Å². The number of hydrogen-bond donors (Lipinski definition) is 1. The summed E-state index contributed by atoms with van der Waals surface area (Å²) in [5.41, 5.74) is 2.33. The van der Waals surface area contributed by atoms with Crippen LogP contribution in [0.25, 0.3) is 0 Å². The first-order valence-corrected chi connectivity index (χ1v) is 7.26. The zero-order valence-corrected chi connectivity index (χ0v) is 11.2. The van der Waals surface area contributed by atoms with Crippen LogP contribution >= 0.6 is 15.9 Å². The molecule has 0 aliphatic rings. The van der Waals surface area contributed by atoms with Crippen LogP contribution in [0.4, 0.5) is 0 Å². The zero-order chi connectivity index (χ0) is 11.5. The number of nitrogens with one attached hydrogen (secondary N) is 1. The molecule has 0 spiro atoms. The van der Waals surface area contributed by atoms with Crippen molar-refractivity contribution in [3.63, 3.8) is 0 Å². The van der Waals surface area contributed by atoms with Crippen LogP contribution in [0.1, 0.15) is 11.1 Å². The highest BCUT2D eigenvalue weighted by Crippen LogP contribution is 2.16. The molecule has 1 aromatic carbocycles. The lowest BCUT2D eigenvalue weighted by atomic mass is 10.1. The summed E-state index contributed by atoms with van der Waals surface area (Å²) in [6.07, 6.45) is 1.87. The van der Waals surface area contributed by atoms with Gasteiger partial charge >= 0.3 is 0 Å². The molecule has 0 bridgehead atoms. The van der Waals surface area contributed by atoms with Gasteiger partial charge < -0.3 is 0 Å². The standard InChI is InChI=1S/C10H14BrNO2S/c1-8-3-4-10(11)7-9(8)5-6-12-15(2,13)14/h3-4,7,12H,5-6H2,1-2H3. The van der Waals surface area contributed by atoms with Crippen LogP contribution in [-0.4, -0.2) is 21.2 Å². The van der Waals surface area contributed by atoms with Crippen LogP contribution < -0.4 is 4.72 Å². The van der Waals surface area contributed by atoms with E-state index in [1.165, 1.54) is 11.8 Å². The van der Waals surface area contributed by atoms with E-state index in [0.717, 1.165) is 10.0 Å². The summed E-state index contributed by atoms with van der Waals surface area (Å²) in [6.45, 7) is 2.46. The first kappa shape index (κ1) is 12.7. The average Bonchev–Trinajstić information content (AvgIpc) is 2.09. The van der Waals surface area contributed by atoms with Crippen LogP contribution in [0.15, 0.2) is 22.7 Å². The van der Waals surface area contributed by atoms with Gasteiger partial charge in [-0.1, -0.05) is 22.0 Å². The molecule has 0 unspecified atom stereocenters. The van der Waals surface area contributed by atoms with Crippen molar-refractivity contribution in [2.24, 2.45) is 0 Å². The molecule has 3 nitrogen and oxygen atoms in total. The van der Waals surface area contributed by atoms with E-state index in [0.29, 0.717) is 13.0 Å². The van der Waals surface area contributed by atoms with E-state index >= 15 is 0 Å². The molecule has 0 radical (unpaired) electrons. The molecule has 0 saturated carbocycles. The molecule has 0 aliphatic heterocycles. The van der Waals surface area contributed by atoms with Gasteiger partial charge in [0.2, 0.25) is 10.0 Å². The van der Waals surface area contributed by atoms with Crippen molar-refractivity contribution in [1.82, 2.24) is 4.72 Å². The molecule has 1 rings (SSSR count). The third-order valence-electron chi connectivity index (χ3n) is 2.07. The van der Waals surface area contributed by atoms with E-state index in [-0.39, 0.29) is 0 Å². The predicted octanol–water partition coefficient (Wildman–Crippen LogP) is 1.85. The third-order valence-corrected chi connectivity index (χ3v) is 3.29. The van der Waals surface area contributed by atoms with Crippen molar-refractivity contribution in [2.45, 2.75) is 13.3 Å². The quantitative estimate of drug-likeness (QED) is 0.920. The molecule has 1 aromatic rings. The molecular weight excluding hydrogens is 278 g/mol. The monoisotopic (exact) mass is 291 g/mol. The Morgan fingerprint density at radius 1 is 1.40 bits per heavy atom. The Bertz CT molecular complexity index is 443. The highest BCUT2D eigenvalue weighted by atomic mass is 79.9. The predicted molar refractivity (Wildman–Crippen MR) is 65.4 cm³/mol. The summed E-state index contributed by atoms with van der Waals surface area (Å²) in [5, 5.41) is 0. The lowest BCUT2D eigenvalue weighted by molar-refractivity contribution is 0.588. The summed E-state index contributed by atoms with van der Waals surface area (Å²) in [7, 11) is -3.08. The lowest BCUT2D eigenvalue weighted by Gasteiger charge is -2.06. The van der Waals surface area contributed by atoms with Gasteiger partial charge in [0.25, 0.3) is 0 Å². The summed E-state index contributed by atoms with van der Waals surface area (Å²) in [5.74, 6) is 0. The Labute approximate surface area is 99.1 Å². The van der Waals surface area contributed by atoms with Crippen LogP contribution in [0.5, 0.6) is 0 Å². The number of rotatable bonds is 4. The molecule has 0 fully saturated rings. The second-order valence-electron chi connectivity index (χ2n) is 3.49. The van der Waals surface area contributed by atoms with Crippen LogP contribution in [-0.2, 0) is 16.4 Å². The summed E-state index contributed by atoms with van der Waals surface area (Å²) >= 11 is 3.39. The molecule has 84 valence electrons. The van der Waals surface area contributed by atoms with Gasteiger partial charge in [-0.2, -0.15) is 0 Å². The number of hydrogen-bond acceptors (Lipinski definition) is 2. The molecule has 0 aromatic heterocycles. The Morgan fingerprint density at radius 3 is 2.67 bits per heavy atom. The molecule has 0 amide bonds. The van der Waals surface area contributed by atoms with Gasteiger partial charge in [0.1, 0.15) is 0 Å². The Morgan fingerprint density at radius 2 is 2.07 bits per heavy atom. The Balaban J connectivity index is 2.61. The molecule has 15 heavy (non-hydrogen) atoms. The van der Waals surface area contributed by atoms with Crippen molar-refractivity contribution in [3.05, 3.63) is 33.8 Å². The molecular formula is C10H14BrNO2S. The van der Waals surface area contributed by atoms with Gasteiger partial charge in [-0.15, -0.1) is 0 Å². The maximum atomic E-state index is 10.9. The van der Waals surface area contributed by atoms with E-state index in [9.17, 15) is 8.42 Å². The van der Waals surface area contributed by atoms with E-state index in [2.05, 4.69) is 20.7 Å². The fourth-order valence-electron chi connectivity index (χ4n) is 1.28. The molecule has 0 aliphatic carbocycles. The van der Waals surface area contributed by atoms with Crippen molar-refractivity contribution in [1.29, 1.82) is 0 Å². The van der Waals surface area contributed by atoms with Gasteiger partial charge in [0, 0.05) is 11.0 Å². The van der Waals surface area contributed by atoms with Gasteiger partial charge in [0.15, 0.2) is 0 Å². The highest BCUT2D eigenvalue weighted by Gasteiger charge is 2.02. The summed E-state index contributed by atoms with van der Waals surface area (Å²) in [4.78, 5) is 0. The van der Waals surface area contributed by atoms with Crippen LogP contribution in [0.2, 0.25) is 0 Å². The Kier molecular flexibility index (Phi) is 4.31. The van der Waals surface area contributed by atoms with Gasteiger partial charge in [-0.3, -0.25) is 0 Å². The second-order valence-corrected chi connectivity index (χ2v) is 6.24. The molecule has 1 N–H and O–H groups in total. The molecule has 0 atom stereocenters. The number of halogens is 1. The number of sulfonamides is 1. The smallest absolute Gasteiger partial charge is 0.208 e. The minimum atomic E-state index is -3.08. The van der Waals surface area contributed by atoms with Crippen molar-refractivity contribution >= 4 is 26.0 Å². The summed E-state index contributed by atoms with van der Waals surface area (Å²) in [6, 6.07) is 6.00. The maximum absolute atomic E-state index is 10.9. The summed E-state index contributed by atoms with van der Waals surface area (Å²) < 4.78 is 25.2. The zero-order valence-electron chi connectivity index (χ0n) is 8.75. The lowest BCUT2D eigenvalue weighted by Crippen LogP contribution is -2.24. The fraction of sp³-hybridized carbons (Fsp3) is 0.400. The van der Waals surface area contributed by atoms with E-state index in [1.807, 2.05) is 25.1 Å². The topological polar surface area (TPSA) is 46.2 Å². The van der Waals surface area contributed by atoms with Crippen molar-refractivity contribution in [2.75, 3.05) is 12.8 Å². The molecule has 0 saturated heterocycles. The Hall–Kier alpha value is -0.390. The molecule has 0 heterocycles. The number of aryl methyl sites for hydroxylation is 1. The van der Waals surface area contributed by atoms with Gasteiger partial charge in [-0.05, 0) is 36.6 Å². The van der Waals surface area contributed by atoms with Crippen molar-refractivity contribution < 1.29 is 8.42 Å². The first-order chi connectivity index (χ1) is 6.88. The van der Waals surface area contributed by atoms with E-state index in [1.54, 1.807) is 0 Å². The largest absolute Gasteiger partial charge is 0.215 e. The number of benzene rings is 1. The third kappa shape index (κ3) is 4.77. The van der Waals surface area contributed by atoms with Gasteiger partial charge in [-0.25, -0.2) is 13.1 Å². The second kappa shape index (κ2) is 5.09. The van der Waals surface area contributed by atoms with Gasteiger partial charge in [0.05, 0.1) is 6.26 Å². The van der Waals surface area contributed by atoms with Crippen LogP contribution in [0, 0.1) is 6.92 Å². The minimum Gasteiger partial charge on any atom is -0.215 e. The average molecular weight is 292 g/mol. The molecule has 5 heteroatoms. The highest BCUT2D eigenvalue weighted by molar-refractivity contribution is 9.10. The fourth-order valence-corrected chi connectivity index (χ4v) is 2.16. The minimum absolute atomic E-state index is 0.441. The first-order valence-electron chi connectivity index (χ1n) is 4.58. The van der Waals surface area contributed by atoms with Crippen molar-refractivity contribution in [3.8, 4) is 0 Å². The SMILES string of the molecule is Cc1ccc(Br)cc1CCNS(C)(=O)=O. The normalized spacial score (nSPS) is 11.7. The van der Waals surface area contributed by atoms with E-state index in [4.69, 9.17) is 0 Å². The maximum Gasteiger partial charge on any atom is 0.208 e.